The fourth-order valence-electron chi connectivity index (χ4n) is 2.23. The van der Waals surface area contributed by atoms with Gasteiger partial charge in [0.05, 0.1) is 12.7 Å². The second kappa shape index (κ2) is 9.88. The quantitative estimate of drug-likeness (QED) is 0.705. The first kappa shape index (κ1) is 19.1. The summed E-state index contributed by atoms with van der Waals surface area (Å²) in [5, 5.41) is 11.9. The Morgan fingerprint density at radius 2 is 1.92 bits per heavy atom. The van der Waals surface area contributed by atoms with Crippen molar-refractivity contribution < 1.29 is 24.2 Å². The van der Waals surface area contributed by atoms with Gasteiger partial charge in [-0.15, -0.1) is 0 Å². The maximum Gasteiger partial charge on any atom is 0.407 e. The monoisotopic (exact) mass is 355 g/mol. The third-order valence-corrected chi connectivity index (χ3v) is 3.58. The number of carbonyl (C=O) groups is 2. The number of ether oxygens (including phenoxy) is 2. The van der Waals surface area contributed by atoms with Crippen LogP contribution in [0.25, 0.3) is 6.08 Å². The van der Waals surface area contributed by atoms with Gasteiger partial charge >= 0.3 is 12.1 Å². The Labute approximate surface area is 152 Å². The molecule has 0 saturated carbocycles. The van der Waals surface area contributed by atoms with E-state index in [1.807, 2.05) is 30.3 Å². The standard InChI is InChI=1S/C20H21NO5/c1-25-17-11-10-16(18(13-17)19(22)23)9-5-6-12-21-20(24)26-14-15-7-3-2-4-8-15/h2-5,7-11,13H,6,12,14H2,1H3,(H,21,24)(H,22,23). The average Bonchev–Trinajstić information content (AvgIpc) is 2.66. The molecule has 0 spiro atoms. The molecule has 6 heteroatoms. The highest BCUT2D eigenvalue weighted by molar-refractivity contribution is 5.92. The molecule has 0 aliphatic carbocycles. The molecule has 0 bridgehead atoms. The number of hydrogen-bond acceptors (Lipinski definition) is 4. The smallest absolute Gasteiger partial charge is 0.407 e. The summed E-state index contributed by atoms with van der Waals surface area (Å²) < 4.78 is 10.1. The Bertz CT molecular complexity index is 771. The number of methoxy groups -OCH3 is 1. The van der Waals surface area contributed by atoms with E-state index < -0.39 is 12.1 Å². The van der Waals surface area contributed by atoms with E-state index in [0.29, 0.717) is 24.3 Å². The molecule has 0 aliphatic rings. The number of benzene rings is 2. The maximum atomic E-state index is 11.6. The van der Waals surface area contributed by atoms with Crippen molar-refractivity contribution in [2.45, 2.75) is 13.0 Å². The van der Waals surface area contributed by atoms with Gasteiger partial charge in [-0.3, -0.25) is 0 Å². The lowest BCUT2D eigenvalue weighted by Gasteiger charge is -2.06. The van der Waals surface area contributed by atoms with Gasteiger partial charge in [0.25, 0.3) is 0 Å². The van der Waals surface area contributed by atoms with Crippen LogP contribution in [0.5, 0.6) is 5.75 Å². The minimum atomic E-state index is -1.02. The van der Waals surface area contributed by atoms with Crippen LogP contribution in [0.1, 0.15) is 27.9 Å². The summed E-state index contributed by atoms with van der Waals surface area (Å²) in [5.41, 5.74) is 1.66. The molecule has 1 amide bonds. The molecule has 2 rings (SSSR count). The molecule has 0 fully saturated rings. The van der Waals surface area contributed by atoms with E-state index in [2.05, 4.69) is 5.32 Å². The molecular weight excluding hydrogens is 334 g/mol. The molecule has 0 heterocycles. The third-order valence-electron chi connectivity index (χ3n) is 3.58. The van der Waals surface area contributed by atoms with Crippen LogP contribution in [0.15, 0.2) is 54.6 Å². The number of alkyl carbamates (subject to hydrolysis) is 1. The van der Waals surface area contributed by atoms with Crippen molar-refractivity contribution in [1.29, 1.82) is 0 Å². The topological polar surface area (TPSA) is 84.9 Å². The van der Waals surface area contributed by atoms with Gasteiger partial charge in [-0.25, -0.2) is 9.59 Å². The van der Waals surface area contributed by atoms with Crippen LogP contribution in [-0.4, -0.2) is 30.8 Å². The molecule has 0 saturated heterocycles. The highest BCUT2D eigenvalue weighted by Gasteiger charge is 2.09. The molecule has 0 unspecified atom stereocenters. The summed E-state index contributed by atoms with van der Waals surface area (Å²) in [4.78, 5) is 22.9. The summed E-state index contributed by atoms with van der Waals surface area (Å²) in [6.45, 7) is 0.610. The molecule has 0 radical (unpaired) electrons. The van der Waals surface area contributed by atoms with Crippen molar-refractivity contribution in [3.05, 3.63) is 71.3 Å². The predicted molar refractivity (Wildman–Crippen MR) is 98.2 cm³/mol. The number of hydrogen-bond donors (Lipinski definition) is 2. The number of nitrogens with one attached hydrogen (secondary N) is 1. The Kier molecular flexibility index (Phi) is 7.24. The highest BCUT2D eigenvalue weighted by Crippen LogP contribution is 2.19. The summed E-state index contributed by atoms with van der Waals surface area (Å²) in [7, 11) is 1.49. The largest absolute Gasteiger partial charge is 0.497 e. The first-order chi connectivity index (χ1) is 12.6. The maximum absolute atomic E-state index is 11.6. The first-order valence-corrected chi connectivity index (χ1v) is 8.12. The molecule has 26 heavy (non-hydrogen) atoms. The van der Waals surface area contributed by atoms with Crippen molar-refractivity contribution in [2.24, 2.45) is 0 Å². The van der Waals surface area contributed by atoms with E-state index in [0.717, 1.165) is 5.56 Å². The van der Waals surface area contributed by atoms with Gasteiger partial charge in [-0.05, 0) is 29.7 Å². The van der Waals surface area contributed by atoms with Crippen molar-refractivity contribution in [3.8, 4) is 5.75 Å². The second-order valence-electron chi connectivity index (χ2n) is 5.44. The van der Waals surface area contributed by atoms with E-state index in [4.69, 9.17) is 9.47 Å². The third kappa shape index (κ3) is 5.98. The van der Waals surface area contributed by atoms with Crippen LogP contribution in [0.2, 0.25) is 0 Å². The Morgan fingerprint density at radius 3 is 2.62 bits per heavy atom. The van der Waals surface area contributed by atoms with Crippen LogP contribution >= 0.6 is 0 Å². The van der Waals surface area contributed by atoms with E-state index in [1.54, 1.807) is 24.3 Å². The number of rotatable bonds is 8. The van der Waals surface area contributed by atoms with Crippen molar-refractivity contribution in [2.75, 3.05) is 13.7 Å². The molecule has 0 aliphatic heterocycles. The van der Waals surface area contributed by atoms with E-state index in [9.17, 15) is 14.7 Å². The van der Waals surface area contributed by atoms with Crippen molar-refractivity contribution in [3.63, 3.8) is 0 Å². The van der Waals surface area contributed by atoms with Gasteiger partial charge in [0, 0.05) is 6.54 Å². The zero-order valence-electron chi connectivity index (χ0n) is 14.5. The van der Waals surface area contributed by atoms with E-state index in [1.165, 1.54) is 13.2 Å². The normalized spacial score (nSPS) is 10.5. The predicted octanol–water partition coefficient (Wildman–Crippen LogP) is 3.72. The number of aromatic carboxylic acids is 1. The lowest BCUT2D eigenvalue weighted by atomic mass is 10.1. The lowest BCUT2D eigenvalue weighted by Crippen LogP contribution is -2.24. The molecule has 2 aromatic carbocycles. The summed E-state index contributed by atoms with van der Waals surface area (Å²) in [6.07, 6.45) is 3.56. The van der Waals surface area contributed by atoms with Crippen LogP contribution in [-0.2, 0) is 11.3 Å². The van der Waals surface area contributed by atoms with Gasteiger partial charge in [-0.1, -0.05) is 48.6 Å². The van der Waals surface area contributed by atoms with Crippen molar-refractivity contribution in [1.82, 2.24) is 5.32 Å². The van der Waals surface area contributed by atoms with E-state index in [-0.39, 0.29) is 12.2 Å². The van der Waals surface area contributed by atoms with Gasteiger partial charge in [0.2, 0.25) is 0 Å². The van der Waals surface area contributed by atoms with E-state index >= 15 is 0 Å². The van der Waals surface area contributed by atoms with Crippen LogP contribution in [0, 0.1) is 0 Å². The Balaban J connectivity index is 1.77. The molecule has 2 N–H and O–H groups in total. The summed E-state index contributed by atoms with van der Waals surface area (Å²) in [5.74, 6) is -0.534. The minimum Gasteiger partial charge on any atom is -0.497 e. The molecule has 2 aromatic rings. The van der Waals surface area contributed by atoms with Gasteiger partial charge < -0.3 is 19.9 Å². The number of carboxylic acids is 1. The summed E-state index contributed by atoms with van der Waals surface area (Å²) >= 11 is 0. The van der Waals surface area contributed by atoms with Crippen molar-refractivity contribution >= 4 is 18.1 Å². The lowest BCUT2D eigenvalue weighted by molar-refractivity contribution is 0.0696. The van der Waals surface area contributed by atoms with Gasteiger partial charge in [0.1, 0.15) is 12.4 Å². The number of amides is 1. The fourth-order valence-corrected chi connectivity index (χ4v) is 2.23. The molecule has 0 atom stereocenters. The number of carboxylic acid groups (broad SMARTS) is 1. The van der Waals surface area contributed by atoms with Gasteiger partial charge in [-0.2, -0.15) is 0 Å². The fraction of sp³-hybridized carbons (Fsp3) is 0.200. The summed E-state index contributed by atoms with van der Waals surface area (Å²) in [6, 6.07) is 14.3. The van der Waals surface area contributed by atoms with Crippen LogP contribution in [0.3, 0.4) is 0 Å². The molecular formula is C20H21NO5. The molecule has 0 aromatic heterocycles. The first-order valence-electron chi connectivity index (χ1n) is 8.12. The zero-order chi connectivity index (χ0) is 18.8. The Hall–Kier alpha value is -3.28. The SMILES string of the molecule is COc1ccc(C=CCCNC(=O)OCc2ccccc2)c(C(=O)O)c1. The minimum absolute atomic E-state index is 0.163. The second-order valence-corrected chi connectivity index (χ2v) is 5.44. The molecule has 136 valence electrons. The molecule has 6 nitrogen and oxygen atoms in total. The Morgan fingerprint density at radius 1 is 1.15 bits per heavy atom. The van der Waals surface area contributed by atoms with Crippen LogP contribution < -0.4 is 10.1 Å². The van der Waals surface area contributed by atoms with Gasteiger partial charge in [0.15, 0.2) is 0 Å². The highest BCUT2D eigenvalue weighted by atomic mass is 16.5. The average molecular weight is 355 g/mol. The number of carbonyl (C=O) groups excluding carboxylic acids is 1. The van der Waals surface area contributed by atoms with Crippen LogP contribution in [0.4, 0.5) is 4.79 Å². The zero-order valence-corrected chi connectivity index (χ0v) is 14.5.